The van der Waals surface area contributed by atoms with Gasteiger partial charge in [-0.25, -0.2) is 0 Å². The highest BCUT2D eigenvalue weighted by Gasteiger charge is 2.18. The van der Waals surface area contributed by atoms with Gasteiger partial charge >= 0.3 is 0 Å². The number of rotatable bonds is 0. The molecule has 0 aliphatic heterocycles. The average Bonchev–Trinajstić information content (AvgIpc) is 2.46. The van der Waals surface area contributed by atoms with Gasteiger partial charge in [0.1, 0.15) is 0 Å². The fourth-order valence-electron chi connectivity index (χ4n) is 2.59. The molecule has 3 rings (SSSR count). The molecule has 0 aromatic heterocycles. The Kier molecular flexibility index (Phi) is 1.59. The minimum atomic E-state index is 1.35. The van der Waals surface area contributed by atoms with Crippen molar-refractivity contribution >= 4 is 21.9 Å². The summed E-state index contributed by atoms with van der Waals surface area (Å²) < 4.78 is 0. The van der Waals surface area contributed by atoms with Gasteiger partial charge in [-0.1, -0.05) is 30.3 Å². The van der Waals surface area contributed by atoms with Crippen LogP contribution in [0.4, 0.5) is 0 Å². The third kappa shape index (κ3) is 1.02. The number of hydrogen-bond donors (Lipinski definition) is 0. The average molecular weight is 194 g/mol. The van der Waals surface area contributed by atoms with E-state index in [1.54, 1.807) is 0 Å². The fraction of sp³-hybridized carbons (Fsp3) is 0.200. The van der Waals surface area contributed by atoms with Crippen LogP contribution in [0, 0.1) is 6.92 Å². The van der Waals surface area contributed by atoms with Crippen molar-refractivity contribution in [3.05, 3.63) is 47.0 Å². The van der Waals surface area contributed by atoms with Crippen LogP contribution in [0.1, 0.15) is 30.5 Å². The summed E-state index contributed by atoms with van der Waals surface area (Å²) in [5, 5.41) is 2.82. The first-order valence-electron chi connectivity index (χ1n) is 5.40. The quantitative estimate of drug-likeness (QED) is 0.582. The van der Waals surface area contributed by atoms with Gasteiger partial charge in [-0.2, -0.15) is 0 Å². The van der Waals surface area contributed by atoms with Crippen LogP contribution in [0.15, 0.2) is 30.3 Å². The first kappa shape index (κ1) is 8.72. The predicted molar refractivity (Wildman–Crippen MR) is 66.8 cm³/mol. The van der Waals surface area contributed by atoms with Gasteiger partial charge in [-0.3, -0.25) is 0 Å². The summed E-state index contributed by atoms with van der Waals surface area (Å²) in [6, 6.07) is 11.2. The molecule has 0 bridgehead atoms. The largest absolute Gasteiger partial charge is 0.0610 e. The van der Waals surface area contributed by atoms with E-state index in [4.69, 9.17) is 0 Å². The molecule has 0 N–H and O–H groups in total. The Hall–Kier alpha value is -1.56. The van der Waals surface area contributed by atoms with E-state index >= 15 is 0 Å². The van der Waals surface area contributed by atoms with Crippen molar-refractivity contribution in [1.29, 1.82) is 0 Å². The molecule has 0 fully saturated rings. The highest BCUT2D eigenvalue weighted by atomic mass is 14.2. The lowest BCUT2D eigenvalue weighted by molar-refractivity contribution is 1.48. The van der Waals surface area contributed by atoms with E-state index in [2.05, 4.69) is 51.1 Å². The molecule has 1 aliphatic rings. The molecule has 0 spiro atoms. The molecule has 15 heavy (non-hydrogen) atoms. The Balaban J connectivity index is 2.57. The lowest BCUT2D eigenvalue weighted by Crippen LogP contribution is -1.82. The molecule has 0 radical (unpaired) electrons. The molecule has 0 heteroatoms. The normalized spacial score (nSPS) is 14.1. The lowest BCUT2D eigenvalue weighted by Gasteiger charge is -2.04. The molecule has 0 nitrogen and oxygen atoms in total. The second-order valence-electron chi connectivity index (χ2n) is 4.47. The van der Waals surface area contributed by atoms with Gasteiger partial charge in [-0.15, -0.1) is 0 Å². The maximum absolute atomic E-state index is 2.30. The Morgan fingerprint density at radius 3 is 2.33 bits per heavy atom. The van der Waals surface area contributed by atoms with Crippen LogP contribution in [0.2, 0.25) is 0 Å². The van der Waals surface area contributed by atoms with Crippen molar-refractivity contribution in [1.82, 2.24) is 0 Å². The number of hydrogen-bond acceptors (Lipinski definition) is 0. The molecular formula is C15H14. The Labute approximate surface area is 90.2 Å². The predicted octanol–water partition coefficient (Wildman–Crippen LogP) is 4.41. The smallest absolute Gasteiger partial charge is 0.00331 e. The molecule has 0 atom stereocenters. The summed E-state index contributed by atoms with van der Waals surface area (Å²) in [5.74, 6) is 0. The minimum Gasteiger partial charge on any atom is -0.0610 e. The topological polar surface area (TPSA) is 0 Å². The van der Waals surface area contributed by atoms with E-state index in [1.165, 1.54) is 38.6 Å². The molecule has 1 aliphatic carbocycles. The van der Waals surface area contributed by atoms with Crippen LogP contribution in [-0.4, -0.2) is 0 Å². The third-order valence-electron chi connectivity index (χ3n) is 3.49. The maximum Gasteiger partial charge on any atom is -0.00331 e. The first-order valence-corrected chi connectivity index (χ1v) is 5.40. The van der Waals surface area contributed by atoms with Crippen molar-refractivity contribution in [2.24, 2.45) is 0 Å². The molecule has 0 saturated heterocycles. The van der Waals surface area contributed by atoms with E-state index in [9.17, 15) is 0 Å². The van der Waals surface area contributed by atoms with Crippen molar-refractivity contribution in [2.75, 3.05) is 0 Å². The first-order chi connectivity index (χ1) is 7.18. The van der Waals surface area contributed by atoms with Crippen LogP contribution in [-0.2, 0) is 0 Å². The van der Waals surface area contributed by atoms with Crippen LogP contribution < -0.4 is 0 Å². The second-order valence-corrected chi connectivity index (χ2v) is 4.47. The van der Waals surface area contributed by atoms with Gasteiger partial charge in [0.2, 0.25) is 0 Å². The molecule has 0 saturated carbocycles. The van der Waals surface area contributed by atoms with Crippen molar-refractivity contribution in [3.63, 3.8) is 0 Å². The molecular weight excluding hydrogens is 180 g/mol. The molecule has 2 aromatic carbocycles. The molecule has 2 aromatic rings. The zero-order chi connectivity index (χ0) is 10.6. The Morgan fingerprint density at radius 2 is 1.53 bits per heavy atom. The summed E-state index contributed by atoms with van der Waals surface area (Å²) in [4.78, 5) is 0. The Morgan fingerprint density at radius 1 is 0.800 bits per heavy atom. The second kappa shape index (κ2) is 2.73. The number of allylic oxidation sites excluding steroid dienone is 2. The third-order valence-corrected chi connectivity index (χ3v) is 3.49. The van der Waals surface area contributed by atoms with Gasteiger partial charge in [0.05, 0.1) is 0 Å². The number of benzene rings is 2. The van der Waals surface area contributed by atoms with Crippen molar-refractivity contribution in [3.8, 4) is 0 Å². The standard InChI is InChI=1S/C15H14/c1-9-7-12-5-4-6-13-10(2)11(3)14(8-9)15(12)13/h4-8H,1-3H3. The summed E-state index contributed by atoms with van der Waals surface area (Å²) in [7, 11) is 0. The zero-order valence-electron chi connectivity index (χ0n) is 9.39. The van der Waals surface area contributed by atoms with Crippen molar-refractivity contribution < 1.29 is 0 Å². The van der Waals surface area contributed by atoms with Gasteiger partial charge in [0, 0.05) is 0 Å². The highest BCUT2D eigenvalue weighted by Crippen LogP contribution is 2.41. The van der Waals surface area contributed by atoms with E-state index in [1.807, 2.05) is 0 Å². The van der Waals surface area contributed by atoms with Crippen LogP contribution in [0.25, 0.3) is 21.9 Å². The molecule has 0 unspecified atom stereocenters. The highest BCUT2D eigenvalue weighted by molar-refractivity contribution is 6.12. The van der Waals surface area contributed by atoms with Gasteiger partial charge in [0.15, 0.2) is 0 Å². The summed E-state index contributed by atoms with van der Waals surface area (Å²) in [6.07, 6.45) is 0. The van der Waals surface area contributed by atoms with E-state index in [0.29, 0.717) is 0 Å². The monoisotopic (exact) mass is 194 g/mol. The molecule has 0 heterocycles. The van der Waals surface area contributed by atoms with E-state index in [-0.39, 0.29) is 0 Å². The SMILES string of the molecule is CC1=C(C)c2cc(C)cc3cccc1c23. The zero-order valence-corrected chi connectivity index (χ0v) is 9.39. The van der Waals surface area contributed by atoms with Crippen LogP contribution >= 0.6 is 0 Å². The van der Waals surface area contributed by atoms with Crippen molar-refractivity contribution in [2.45, 2.75) is 20.8 Å². The van der Waals surface area contributed by atoms with Gasteiger partial charge in [0.25, 0.3) is 0 Å². The fourth-order valence-corrected chi connectivity index (χ4v) is 2.59. The summed E-state index contributed by atoms with van der Waals surface area (Å²) in [6.45, 7) is 6.62. The number of aryl methyl sites for hydroxylation is 1. The Bertz CT molecular complexity index is 601. The summed E-state index contributed by atoms with van der Waals surface area (Å²) in [5.41, 5.74) is 7.06. The van der Waals surface area contributed by atoms with Gasteiger partial charge < -0.3 is 0 Å². The maximum atomic E-state index is 2.30. The molecule has 0 amide bonds. The van der Waals surface area contributed by atoms with Gasteiger partial charge in [-0.05, 0) is 59.4 Å². The van der Waals surface area contributed by atoms with Crippen LogP contribution in [0.5, 0.6) is 0 Å². The van der Waals surface area contributed by atoms with E-state index in [0.717, 1.165) is 0 Å². The minimum absolute atomic E-state index is 1.35. The van der Waals surface area contributed by atoms with E-state index < -0.39 is 0 Å². The van der Waals surface area contributed by atoms with Crippen LogP contribution in [0.3, 0.4) is 0 Å². The summed E-state index contributed by atoms with van der Waals surface area (Å²) >= 11 is 0. The lowest BCUT2D eigenvalue weighted by atomic mass is 10.00. The molecule has 74 valence electrons.